The van der Waals surface area contributed by atoms with Gasteiger partial charge in [-0.25, -0.2) is 0 Å². The van der Waals surface area contributed by atoms with Crippen LogP contribution < -0.4 is 11.1 Å². The molecule has 1 aromatic heterocycles. The van der Waals surface area contributed by atoms with Crippen LogP contribution in [0.3, 0.4) is 0 Å². The molecule has 0 bridgehead atoms. The van der Waals surface area contributed by atoms with Gasteiger partial charge in [0.25, 0.3) is 11.8 Å². The minimum absolute atomic E-state index is 0.00225. The van der Waals surface area contributed by atoms with E-state index in [1.165, 1.54) is 11.3 Å². The number of anilines is 1. The fourth-order valence-corrected chi connectivity index (χ4v) is 3.76. The van der Waals surface area contributed by atoms with E-state index in [0.29, 0.717) is 28.6 Å². The zero-order valence-corrected chi connectivity index (χ0v) is 15.1. The topological polar surface area (TPSA) is 75.4 Å². The molecular formula is C19H23N3O2S. The lowest BCUT2D eigenvalue weighted by molar-refractivity contribution is 0.0660. The fraction of sp³-hybridized carbons (Fsp3) is 0.368. The second-order valence-corrected chi connectivity index (χ2v) is 7.47. The molecule has 3 rings (SSSR count). The average Bonchev–Trinajstić information content (AvgIpc) is 3.16. The Balaban J connectivity index is 1.70. The molecule has 3 N–H and O–H groups in total. The molecule has 2 amide bonds. The number of hydrogen-bond donors (Lipinski definition) is 2. The molecule has 1 saturated heterocycles. The molecule has 25 heavy (non-hydrogen) atoms. The normalized spacial score (nSPS) is 18.6. The summed E-state index contributed by atoms with van der Waals surface area (Å²) in [5.41, 5.74) is 7.23. The van der Waals surface area contributed by atoms with Crippen LogP contribution in [0.4, 0.5) is 5.69 Å². The summed E-state index contributed by atoms with van der Waals surface area (Å²) in [7, 11) is 0. The van der Waals surface area contributed by atoms with Crippen LogP contribution in [-0.4, -0.2) is 35.8 Å². The molecule has 0 radical (unpaired) electrons. The van der Waals surface area contributed by atoms with Crippen LogP contribution in [0.5, 0.6) is 0 Å². The quantitative estimate of drug-likeness (QED) is 0.882. The van der Waals surface area contributed by atoms with Crippen molar-refractivity contribution in [1.29, 1.82) is 0 Å². The van der Waals surface area contributed by atoms with Crippen molar-refractivity contribution in [2.75, 3.05) is 18.4 Å². The number of nitrogens with zero attached hydrogens (tertiary/aromatic N) is 1. The number of nitrogens with one attached hydrogen (secondary N) is 1. The number of hydrogen-bond acceptors (Lipinski definition) is 4. The van der Waals surface area contributed by atoms with Crippen LogP contribution >= 0.6 is 11.3 Å². The standard InChI is InChI=1S/C19H23N3O2S/c1-13(20)15-6-3-9-22(12-15)19(24)14-5-2-7-16(11-14)21-18(23)17-8-4-10-25-17/h2,4-5,7-8,10-11,13,15H,3,6,9,12,20H2,1H3,(H,21,23). The summed E-state index contributed by atoms with van der Waals surface area (Å²) in [5.74, 6) is 0.187. The van der Waals surface area contributed by atoms with Crippen LogP contribution in [0.1, 0.15) is 39.8 Å². The van der Waals surface area contributed by atoms with Crippen molar-refractivity contribution in [3.63, 3.8) is 0 Å². The molecule has 1 fully saturated rings. The van der Waals surface area contributed by atoms with Crippen LogP contribution in [0.25, 0.3) is 0 Å². The molecule has 2 heterocycles. The number of likely N-dealkylation sites (tertiary alicyclic amines) is 1. The molecule has 2 atom stereocenters. The monoisotopic (exact) mass is 357 g/mol. The van der Waals surface area contributed by atoms with Crippen LogP contribution in [0, 0.1) is 5.92 Å². The molecule has 0 saturated carbocycles. The van der Waals surface area contributed by atoms with E-state index in [4.69, 9.17) is 5.73 Å². The molecule has 5 nitrogen and oxygen atoms in total. The second-order valence-electron chi connectivity index (χ2n) is 6.52. The van der Waals surface area contributed by atoms with E-state index in [9.17, 15) is 9.59 Å². The maximum Gasteiger partial charge on any atom is 0.265 e. The largest absolute Gasteiger partial charge is 0.338 e. The molecule has 2 aromatic rings. The van der Waals surface area contributed by atoms with Gasteiger partial charge < -0.3 is 16.0 Å². The Labute approximate surface area is 151 Å². The molecule has 1 aromatic carbocycles. The average molecular weight is 357 g/mol. The Kier molecular flexibility index (Phi) is 5.50. The number of carbonyl (C=O) groups is 2. The predicted molar refractivity (Wildman–Crippen MR) is 101 cm³/mol. The lowest BCUT2D eigenvalue weighted by Gasteiger charge is -2.34. The van der Waals surface area contributed by atoms with E-state index >= 15 is 0 Å². The second kappa shape index (κ2) is 7.80. The lowest BCUT2D eigenvalue weighted by Crippen LogP contribution is -2.45. The third-order valence-corrected chi connectivity index (χ3v) is 5.47. The zero-order chi connectivity index (χ0) is 17.8. The van der Waals surface area contributed by atoms with Gasteiger partial charge in [-0.05, 0) is 55.3 Å². The van der Waals surface area contributed by atoms with Crippen molar-refractivity contribution in [3.8, 4) is 0 Å². The summed E-state index contributed by atoms with van der Waals surface area (Å²) in [6.07, 6.45) is 2.05. The molecule has 0 spiro atoms. The van der Waals surface area contributed by atoms with Gasteiger partial charge in [-0.2, -0.15) is 0 Å². The summed E-state index contributed by atoms with van der Waals surface area (Å²) in [6, 6.07) is 10.8. The maximum atomic E-state index is 12.8. The Morgan fingerprint density at radius 1 is 1.32 bits per heavy atom. The smallest absolute Gasteiger partial charge is 0.265 e. The molecule has 1 aliphatic rings. The first-order valence-corrected chi connectivity index (χ1v) is 9.42. The van der Waals surface area contributed by atoms with E-state index in [1.807, 2.05) is 23.3 Å². The Bertz CT molecular complexity index is 743. The Morgan fingerprint density at radius 2 is 2.16 bits per heavy atom. The van der Waals surface area contributed by atoms with Crippen LogP contribution in [-0.2, 0) is 0 Å². The van der Waals surface area contributed by atoms with Crippen molar-refractivity contribution >= 4 is 28.8 Å². The molecule has 132 valence electrons. The van der Waals surface area contributed by atoms with Crippen molar-refractivity contribution in [1.82, 2.24) is 4.90 Å². The molecule has 0 aliphatic carbocycles. The van der Waals surface area contributed by atoms with Crippen molar-refractivity contribution in [3.05, 3.63) is 52.2 Å². The first-order valence-electron chi connectivity index (χ1n) is 8.54. The highest BCUT2D eigenvalue weighted by Crippen LogP contribution is 2.22. The van der Waals surface area contributed by atoms with Gasteiger partial charge in [-0.1, -0.05) is 12.1 Å². The van der Waals surface area contributed by atoms with Gasteiger partial charge in [0, 0.05) is 30.4 Å². The molecule has 2 unspecified atom stereocenters. The number of benzene rings is 1. The highest BCUT2D eigenvalue weighted by atomic mass is 32.1. The summed E-state index contributed by atoms with van der Waals surface area (Å²) >= 11 is 1.39. The number of nitrogens with two attached hydrogens (primary N) is 1. The first kappa shape index (κ1) is 17.6. The van der Waals surface area contributed by atoms with Crippen LogP contribution in [0.2, 0.25) is 0 Å². The van der Waals surface area contributed by atoms with Gasteiger partial charge >= 0.3 is 0 Å². The van der Waals surface area contributed by atoms with Crippen molar-refractivity contribution in [2.45, 2.75) is 25.8 Å². The van der Waals surface area contributed by atoms with Gasteiger partial charge in [-0.3, -0.25) is 9.59 Å². The van der Waals surface area contributed by atoms with E-state index < -0.39 is 0 Å². The van der Waals surface area contributed by atoms with Gasteiger partial charge in [0.05, 0.1) is 4.88 Å². The van der Waals surface area contributed by atoms with E-state index in [-0.39, 0.29) is 17.9 Å². The van der Waals surface area contributed by atoms with E-state index in [0.717, 1.165) is 19.4 Å². The third kappa shape index (κ3) is 4.27. The maximum absolute atomic E-state index is 12.8. The molecule has 1 aliphatic heterocycles. The highest BCUT2D eigenvalue weighted by Gasteiger charge is 2.26. The number of thiophene rings is 1. The number of carbonyl (C=O) groups excluding carboxylic acids is 2. The fourth-order valence-electron chi connectivity index (χ4n) is 3.14. The van der Waals surface area contributed by atoms with Gasteiger partial charge in [-0.15, -0.1) is 11.3 Å². The number of amides is 2. The molecule has 6 heteroatoms. The van der Waals surface area contributed by atoms with Gasteiger partial charge in [0.15, 0.2) is 0 Å². The predicted octanol–water partition coefficient (Wildman–Crippen LogP) is 3.20. The number of piperidine rings is 1. The lowest BCUT2D eigenvalue weighted by atomic mass is 9.92. The summed E-state index contributed by atoms with van der Waals surface area (Å²) in [6.45, 7) is 3.45. The minimum Gasteiger partial charge on any atom is -0.338 e. The summed E-state index contributed by atoms with van der Waals surface area (Å²) in [4.78, 5) is 27.5. The van der Waals surface area contributed by atoms with E-state index in [1.54, 1.807) is 30.3 Å². The Morgan fingerprint density at radius 3 is 2.88 bits per heavy atom. The zero-order valence-electron chi connectivity index (χ0n) is 14.3. The van der Waals surface area contributed by atoms with E-state index in [2.05, 4.69) is 5.32 Å². The van der Waals surface area contributed by atoms with Crippen molar-refractivity contribution < 1.29 is 9.59 Å². The summed E-state index contributed by atoms with van der Waals surface area (Å²) < 4.78 is 0. The van der Waals surface area contributed by atoms with Gasteiger partial charge in [0.1, 0.15) is 0 Å². The summed E-state index contributed by atoms with van der Waals surface area (Å²) in [5, 5.41) is 4.71. The Hall–Kier alpha value is -2.18. The molecular weight excluding hydrogens is 334 g/mol. The van der Waals surface area contributed by atoms with Gasteiger partial charge in [0.2, 0.25) is 0 Å². The number of rotatable bonds is 4. The minimum atomic E-state index is -0.158. The van der Waals surface area contributed by atoms with Crippen LogP contribution in [0.15, 0.2) is 41.8 Å². The highest BCUT2D eigenvalue weighted by molar-refractivity contribution is 7.12. The van der Waals surface area contributed by atoms with Crippen molar-refractivity contribution in [2.24, 2.45) is 11.7 Å². The third-order valence-electron chi connectivity index (χ3n) is 4.60. The first-order chi connectivity index (χ1) is 12.0. The SMILES string of the molecule is CC(N)C1CCCN(C(=O)c2cccc(NC(=O)c3cccs3)c2)C1.